The van der Waals surface area contributed by atoms with Crippen molar-refractivity contribution in [3.05, 3.63) is 54.6 Å². The molecule has 2 aromatic heterocycles. The third-order valence-electron chi connectivity index (χ3n) is 3.22. The molecule has 0 spiro atoms. The van der Waals surface area contributed by atoms with Crippen LogP contribution >= 0.6 is 0 Å². The van der Waals surface area contributed by atoms with Crippen LogP contribution in [-0.2, 0) is 0 Å². The fourth-order valence-electron chi connectivity index (χ4n) is 2.20. The highest BCUT2D eigenvalue weighted by Crippen LogP contribution is 2.31. The van der Waals surface area contributed by atoms with E-state index in [9.17, 15) is 0 Å². The molecular weight excluding hydrogens is 252 g/mol. The van der Waals surface area contributed by atoms with Crippen molar-refractivity contribution in [2.75, 3.05) is 12.4 Å². The smallest absolute Gasteiger partial charge is 0.176 e. The number of hydrogen-bond donors (Lipinski definition) is 1. The SMILES string of the molecule is COc1cccc2cc(C(C)Nc3cccnc3)oc12. The van der Waals surface area contributed by atoms with Crippen molar-refractivity contribution >= 4 is 16.7 Å². The first kappa shape index (κ1) is 12.5. The summed E-state index contributed by atoms with van der Waals surface area (Å²) in [5.41, 5.74) is 1.75. The molecule has 1 N–H and O–H groups in total. The van der Waals surface area contributed by atoms with Gasteiger partial charge in [-0.25, -0.2) is 0 Å². The molecule has 0 aliphatic heterocycles. The number of benzene rings is 1. The molecule has 3 aromatic rings. The third-order valence-corrected chi connectivity index (χ3v) is 3.22. The van der Waals surface area contributed by atoms with E-state index < -0.39 is 0 Å². The number of fused-ring (bicyclic) bond motifs is 1. The molecule has 0 amide bonds. The summed E-state index contributed by atoms with van der Waals surface area (Å²) in [7, 11) is 1.65. The Labute approximate surface area is 117 Å². The van der Waals surface area contributed by atoms with E-state index in [1.165, 1.54) is 0 Å². The summed E-state index contributed by atoms with van der Waals surface area (Å²) >= 11 is 0. The summed E-state index contributed by atoms with van der Waals surface area (Å²) in [6.07, 6.45) is 3.54. The van der Waals surface area contributed by atoms with Gasteiger partial charge in [-0.2, -0.15) is 0 Å². The van der Waals surface area contributed by atoms with Gasteiger partial charge in [-0.15, -0.1) is 0 Å². The first-order valence-electron chi connectivity index (χ1n) is 6.51. The average Bonchev–Trinajstić information content (AvgIpc) is 2.92. The van der Waals surface area contributed by atoms with E-state index in [4.69, 9.17) is 9.15 Å². The Kier molecular flexibility index (Phi) is 3.29. The molecule has 0 radical (unpaired) electrons. The van der Waals surface area contributed by atoms with Crippen LogP contribution in [0.15, 0.2) is 53.2 Å². The van der Waals surface area contributed by atoms with Crippen LogP contribution in [0.5, 0.6) is 5.75 Å². The summed E-state index contributed by atoms with van der Waals surface area (Å²) in [6, 6.07) is 11.8. The first-order chi connectivity index (χ1) is 9.78. The van der Waals surface area contributed by atoms with Crippen LogP contribution in [0.3, 0.4) is 0 Å². The molecule has 4 nitrogen and oxygen atoms in total. The van der Waals surface area contributed by atoms with Gasteiger partial charge in [0.1, 0.15) is 5.76 Å². The topological polar surface area (TPSA) is 47.3 Å². The molecule has 0 fully saturated rings. The van der Waals surface area contributed by atoms with E-state index in [0.29, 0.717) is 0 Å². The standard InChI is InChI=1S/C16H16N2O2/c1-11(18-13-6-4-8-17-10-13)15-9-12-5-3-7-14(19-2)16(12)20-15/h3-11,18H,1-2H3. The summed E-state index contributed by atoms with van der Waals surface area (Å²) < 4.78 is 11.2. The van der Waals surface area contributed by atoms with Crippen molar-refractivity contribution in [3.8, 4) is 5.75 Å². The van der Waals surface area contributed by atoms with Gasteiger partial charge in [-0.1, -0.05) is 12.1 Å². The van der Waals surface area contributed by atoms with Crippen LogP contribution in [0.4, 0.5) is 5.69 Å². The fraction of sp³-hybridized carbons (Fsp3) is 0.188. The molecule has 1 unspecified atom stereocenters. The van der Waals surface area contributed by atoms with Gasteiger partial charge in [-0.05, 0) is 31.2 Å². The number of aromatic nitrogens is 1. The predicted octanol–water partition coefficient (Wildman–Crippen LogP) is 4.01. The monoisotopic (exact) mass is 268 g/mol. The van der Waals surface area contributed by atoms with E-state index in [0.717, 1.165) is 28.2 Å². The van der Waals surface area contributed by atoms with Crippen molar-refractivity contribution in [2.24, 2.45) is 0 Å². The Morgan fingerprint density at radius 2 is 2.15 bits per heavy atom. The minimum atomic E-state index is 0.0521. The van der Waals surface area contributed by atoms with Crippen LogP contribution in [0.25, 0.3) is 11.0 Å². The molecule has 0 bridgehead atoms. The zero-order valence-corrected chi connectivity index (χ0v) is 11.5. The van der Waals surface area contributed by atoms with Gasteiger partial charge in [-0.3, -0.25) is 4.98 Å². The number of para-hydroxylation sites is 1. The molecule has 20 heavy (non-hydrogen) atoms. The van der Waals surface area contributed by atoms with E-state index in [2.05, 4.69) is 17.2 Å². The summed E-state index contributed by atoms with van der Waals surface area (Å²) in [6.45, 7) is 2.05. The highest BCUT2D eigenvalue weighted by atomic mass is 16.5. The zero-order chi connectivity index (χ0) is 13.9. The van der Waals surface area contributed by atoms with Gasteiger partial charge in [0.15, 0.2) is 11.3 Å². The second kappa shape index (κ2) is 5.25. The lowest BCUT2D eigenvalue weighted by atomic mass is 10.2. The van der Waals surface area contributed by atoms with Crippen LogP contribution in [0, 0.1) is 0 Å². The number of pyridine rings is 1. The van der Waals surface area contributed by atoms with Gasteiger partial charge < -0.3 is 14.5 Å². The maximum absolute atomic E-state index is 5.92. The van der Waals surface area contributed by atoms with E-state index in [1.807, 2.05) is 36.4 Å². The number of nitrogens with one attached hydrogen (secondary N) is 1. The maximum Gasteiger partial charge on any atom is 0.176 e. The molecule has 4 heteroatoms. The van der Waals surface area contributed by atoms with Crippen LogP contribution < -0.4 is 10.1 Å². The number of hydrogen-bond acceptors (Lipinski definition) is 4. The number of rotatable bonds is 4. The normalized spacial score (nSPS) is 12.3. The van der Waals surface area contributed by atoms with E-state index >= 15 is 0 Å². The van der Waals surface area contributed by atoms with E-state index in [1.54, 1.807) is 19.5 Å². The minimum absolute atomic E-state index is 0.0521. The van der Waals surface area contributed by atoms with Crippen molar-refractivity contribution in [3.63, 3.8) is 0 Å². The lowest BCUT2D eigenvalue weighted by Gasteiger charge is -2.11. The summed E-state index contributed by atoms with van der Waals surface area (Å²) in [5, 5.41) is 4.40. The molecule has 0 saturated heterocycles. The highest BCUT2D eigenvalue weighted by molar-refractivity contribution is 5.83. The average molecular weight is 268 g/mol. The first-order valence-corrected chi connectivity index (χ1v) is 6.51. The van der Waals surface area contributed by atoms with Crippen molar-refractivity contribution in [2.45, 2.75) is 13.0 Å². The lowest BCUT2D eigenvalue weighted by molar-refractivity contribution is 0.406. The minimum Gasteiger partial charge on any atom is -0.493 e. The number of ether oxygens (including phenoxy) is 1. The van der Waals surface area contributed by atoms with Crippen LogP contribution in [0.1, 0.15) is 18.7 Å². The van der Waals surface area contributed by atoms with Gasteiger partial charge in [0.25, 0.3) is 0 Å². The lowest BCUT2D eigenvalue weighted by Crippen LogP contribution is -2.05. The quantitative estimate of drug-likeness (QED) is 0.776. The largest absolute Gasteiger partial charge is 0.493 e. The number of methoxy groups -OCH3 is 1. The van der Waals surface area contributed by atoms with Crippen LogP contribution in [-0.4, -0.2) is 12.1 Å². The van der Waals surface area contributed by atoms with Crippen molar-refractivity contribution in [1.82, 2.24) is 4.98 Å². The Morgan fingerprint density at radius 3 is 2.90 bits per heavy atom. The van der Waals surface area contributed by atoms with E-state index in [-0.39, 0.29) is 6.04 Å². The van der Waals surface area contributed by atoms with Gasteiger partial charge >= 0.3 is 0 Å². The maximum atomic E-state index is 5.92. The van der Waals surface area contributed by atoms with Crippen molar-refractivity contribution < 1.29 is 9.15 Å². The number of furan rings is 1. The molecule has 1 aromatic carbocycles. The molecular formula is C16H16N2O2. The zero-order valence-electron chi connectivity index (χ0n) is 11.5. The van der Waals surface area contributed by atoms with Gasteiger partial charge in [0, 0.05) is 17.8 Å². The molecule has 0 aliphatic rings. The Morgan fingerprint density at radius 1 is 1.25 bits per heavy atom. The Balaban J connectivity index is 1.90. The van der Waals surface area contributed by atoms with Gasteiger partial charge in [0.2, 0.25) is 0 Å². The number of anilines is 1. The third kappa shape index (κ3) is 2.32. The Hall–Kier alpha value is -2.49. The molecule has 0 aliphatic carbocycles. The second-order valence-corrected chi connectivity index (χ2v) is 4.64. The Bertz CT molecular complexity index is 707. The van der Waals surface area contributed by atoms with Crippen LogP contribution in [0.2, 0.25) is 0 Å². The molecule has 3 rings (SSSR count). The second-order valence-electron chi connectivity index (χ2n) is 4.64. The predicted molar refractivity (Wildman–Crippen MR) is 79.0 cm³/mol. The molecule has 2 heterocycles. The number of nitrogens with zero attached hydrogens (tertiary/aromatic N) is 1. The summed E-state index contributed by atoms with van der Waals surface area (Å²) in [4.78, 5) is 4.09. The highest BCUT2D eigenvalue weighted by Gasteiger charge is 2.13. The fourth-order valence-corrected chi connectivity index (χ4v) is 2.20. The molecule has 102 valence electrons. The van der Waals surface area contributed by atoms with Gasteiger partial charge in [0.05, 0.1) is 18.8 Å². The van der Waals surface area contributed by atoms with Crippen molar-refractivity contribution in [1.29, 1.82) is 0 Å². The molecule has 1 atom stereocenters. The summed E-state index contributed by atoms with van der Waals surface area (Å²) in [5.74, 6) is 1.62. The molecule has 0 saturated carbocycles.